The largest absolute Gasteiger partial charge is 0.489 e. The van der Waals surface area contributed by atoms with Crippen LogP contribution >= 0.6 is 11.3 Å². The molecule has 0 radical (unpaired) electrons. The van der Waals surface area contributed by atoms with Gasteiger partial charge < -0.3 is 9.64 Å². The molecule has 1 aromatic heterocycles. The van der Waals surface area contributed by atoms with Crippen LogP contribution in [0.3, 0.4) is 0 Å². The van der Waals surface area contributed by atoms with Gasteiger partial charge in [-0.3, -0.25) is 9.69 Å². The molecule has 2 aromatic carbocycles. The zero-order valence-electron chi connectivity index (χ0n) is 17.6. The van der Waals surface area contributed by atoms with Gasteiger partial charge in [0.25, 0.3) is 5.91 Å². The quantitative estimate of drug-likeness (QED) is 0.442. The van der Waals surface area contributed by atoms with Gasteiger partial charge in [-0.2, -0.15) is 13.2 Å². The van der Waals surface area contributed by atoms with Crippen molar-refractivity contribution in [3.05, 3.63) is 87.4 Å². The molecule has 1 aliphatic heterocycles. The minimum absolute atomic E-state index is 0.0734. The van der Waals surface area contributed by atoms with Gasteiger partial charge in [0.2, 0.25) is 0 Å². The maximum atomic E-state index is 13.2. The fourth-order valence-corrected chi connectivity index (χ4v) is 4.52. The summed E-state index contributed by atoms with van der Waals surface area (Å²) in [5.41, 5.74) is 0.783. The van der Waals surface area contributed by atoms with E-state index in [4.69, 9.17) is 4.74 Å². The van der Waals surface area contributed by atoms with E-state index in [1.807, 2.05) is 10.3 Å². The summed E-state index contributed by atoms with van der Waals surface area (Å²) in [4.78, 5) is 17.3. The Hall–Kier alpha value is -2.91. The number of benzene rings is 2. The fraction of sp³-hybridized carbons (Fsp3) is 0.292. The summed E-state index contributed by atoms with van der Waals surface area (Å²) in [6, 6.07) is 13.0. The molecule has 3 aromatic rings. The summed E-state index contributed by atoms with van der Waals surface area (Å²) < 4.78 is 57.6. The van der Waals surface area contributed by atoms with Crippen LogP contribution in [0.1, 0.15) is 26.4 Å². The Labute approximate surface area is 193 Å². The number of carbonyl (C=O) groups excluding carboxylic acids is 1. The zero-order valence-corrected chi connectivity index (χ0v) is 18.5. The van der Waals surface area contributed by atoms with Crippen LogP contribution in [0.5, 0.6) is 5.75 Å². The molecule has 0 aliphatic carbocycles. The Morgan fingerprint density at radius 3 is 2.45 bits per heavy atom. The molecule has 1 amide bonds. The van der Waals surface area contributed by atoms with E-state index >= 15 is 0 Å². The maximum Gasteiger partial charge on any atom is 0.416 e. The number of thiophene rings is 1. The third-order valence-electron chi connectivity index (χ3n) is 5.39. The molecule has 4 rings (SSSR count). The lowest BCUT2D eigenvalue weighted by atomic mass is 10.1. The first-order valence-electron chi connectivity index (χ1n) is 10.4. The lowest BCUT2D eigenvalue weighted by molar-refractivity contribution is -0.137. The van der Waals surface area contributed by atoms with Crippen molar-refractivity contribution in [2.45, 2.75) is 19.3 Å². The molecule has 0 unspecified atom stereocenters. The van der Waals surface area contributed by atoms with Crippen LogP contribution in [0.4, 0.5) is 17.6 Å². The highest BCUT2D eigenvalue weighted by Gasteiger charge is 2.30. The standard InChI is InChI=1S/C24H22F4N2O2S/c25-20-5-2-6-21(13-20)32-15-18-12-22(33-16-18)23(31)30-9-7-29(8-10-30)14-17-3-1-4-19(11-17)24(26,27)28/h1-6,11-13,16H,7-10,14-15H2. The average Bonchev–Trinajstić information content (AvgIpc) is 3.27. The number of amides is 1. The minimum Gasteiger partial charge on any atom is -0.489 e. The van der Waals surface area contributed by atoms with Crippen LogP contribution in [0.25, 0.3) is 0 Å². The molecule has 0 N–H and O–H groups in total. The normalized spacial score (nSPS) is 15.0. The molecule has 9 heteroatoms. The third-order valence-corrected chi connectivity index (χ3v) is 6.35. The first kappa shape index (κ1) is 23.3. The molecule has 0 saturated carbocycles. The second-order valence-corrected chi connectivity index (χ2v) is 8.74. The van der Waals surface area contributed by atoms with Gasteiger partial charge in [0, 0.05) is 44.4 Å². The fourth-order valence-electron chi connectivity index (χ4n) is 3.66. The van der Waals surface area contributed by atoms with Gasteiger partial charge in [0.15, 0.2) is 0 Å². The number of carbonyl (C=O) groups is 1. The van der Waals surface area contributed by atoms with E-state index in [9.17, 15) is 22.4 Å². The highest BCUT2D eigenvalue weighted by Crippen LogP contribution is 2.30. The van der Waals surface area contributed by atoms with Crippen LogP contribution in [-0.2, 0) is 19.3 Å². The second kappa shape index (κ2) is 9.93. The zero-order chi connectivity index (χ0) is 23.4. The van der Waals surface area contributed by atoms with Crippen molar-refractivity contribution in [3.8, 4) is 5.75 Å². The van der Waals surface area contributed by atoms with Gasteiger partial charge in [0.1, 0.15) is 18.2 Å². The summed E-state index contributed by atoms with van der Waals surface area (Å²) in [6.45, 7) is 2.83. The van der Waals surface area contributed by atoms with Crippen molar-refractivity contribution in [2.24, 2.45) is 0 Å². The van der Waals surface area contributed by atoms with Crippen molar-refractivity contribution in [1.29, 1.82) is 0 Å². The van der Waals surface area contributed by atoms with Crippen molar-refractivity contribution in [2.75, 3.05) is 26.2 Å². The van der Waals surface area contributed by atoms with E-state index in [1.54, 1.807) is 29.2 Å². The topological polar surface area (TPSA) is 32.8 Å². The van der Waals surface area contributed by atoms with Crippen LogP contribution in [0.15, 0.2) is 60.0 Å². The van der Waals surface area contributed by atoms with E-state index < -0.39 is 11.7 Å². The van der Waals surface area contributed by atoms with Crippen LogP contribution in [0.2, 0.25) is 0 Å². The molecule has 1 aliphatic rings. The van der Waals surface area contributed by atoms with Crippen molar-refractivity contribution < 1.29 is 27.1 Å². The smallest absolute Gasteiger partial charge is 0.416 e. The van der Waals surface area contributed by atoms with E-state index in [-0.39, 0.29) is 18.3 Å². The van der Waals surface area contributed by atoms with E-state index in [2.05, 4.69) is 0 Å². The maximum absolute atomic E-state index is 13.2. The predicted octanol–water partition coefficient (Wildman–Crippen LogP) is 5.44. The highest BCUT2D eigenvalue weighted by molar-refractivity contribution is 7.12. The summed E-state index contributed by atoms with van der Waals surface area (Å²) in [5, 5.41) is 1.84. The molecule has 4 nitrogen and oxygen atoms in total. The molecular formula is C24H22F4N2O2S. The predicted molar refractivity (Wildman–Crippen MR) is 118 cm³/mol. The van der Waals surface area contributed by atoms with Crippen LogP contribution < -0.4 is 4.74 Å². The summed E-state index contributed by atoms with van der Waals surface area (Å²) >= 11 is 1.33. The second-order valence-electron chi connectivity index (χ2n) is 7.83. The van der Waals surface area contributed by atoms with E-state index in [0.717, 1.165) is 11.6 Å². The summed E-state index contributed by atoms with van der Waals surface area (Å²) in [5.74, 6) is -0.0254. The number of hydrogen-bond acceptors (Lipinski definition) is 4. The van der Waals surface area contributed by atoms with Gasteiger partial charge in [-0.05, 0) is 35.2 Å². The number of piperazine rings is 1. The summed E-state index contributed by atoms with van der Waals surface area (Å²) in [6.07, 6.45) is -4.36. The van der Waals surface area contributed by atoms with Crippen LogP contribution in [-0.4, -0.2) is 41.9 Å². The van der Waals surface area contributed by atoms with Gasteiger partial charge in [0.05, 0.1) is 10.4 Å². The molecule has 0 bridgehead atoms. The van der Waals surface area contributed by atoms with Gasteiger partial charge in [-0.15, -0.1) is 11.3 Å². The first-order valence-corrected chi connectivity index (χ1v) is 11.3. The summed E-state index contributed by atoms with van der Waals surface area (Å²) in [7, 11) is 0. The third kappa shape index (κ3) is 6.11. The van der Waals surface area contributed by atoms with Gasteiger partial charge in [-0.25, -0.2) is 4.39 Å². The Balaban J connectivity index is 1.28. The number of alkyl halides is 3. The lowest BCUT2D eigenvalue weighted by Gasteiger charge is -2.34. The molecule has 174 valence electrons. The lowest BCUT2D eigenvalue weighted by Crippen LogP contribution is -2.48. The Morgan fingerprint density at radius 2 is 1.73 bits per heavy atom. The van der Waals surface area contributed by atoms with Gasteiger partial charge in [-0.1, -0.05) is 24.3 Å². The molecule has 1 fully saturated rings. The van der Waals surface area contributed by atoms with Crippen molar-refractivity contribution in [1.82, 2.24) is 9.80 Å². The number of hydrogen-bond donors (Lipinski definition) is 0. The molecule has 1 saturated heterocycles. The number of ether oxygens (including phenoxy) is 1. The molecule has 0 atom stereocenters. The number of nitrogens with zero attached hydrogens (tertiary/aromatic N) is 2. The number of rotatable bonds is 6. The van der Waals surface area contributed by atoms with Crippen molar-refractivity contribution in [3.63, 3.8) is 0 Å². The van der Waals surface area contributed by atoms with E-state index in [0.29, 0.717) is 48.9 Å². The van der Waals surface area contributed by atoms with E-state index in [1.165, 1.54) is 35.6 Å². The molecule has 0 spiro atoms. The molecular weight excluding hydrogens is 456 g/mol. The Morgan fingerprint density at radius 1 is 0.970 bits per heavy atom. The Bertz CT molecular complexity index is 1110. The van der Waals surface area contributed by atoms with Crippen molar-refractivity contribution >= 4 is 17.2 Å². The first-order chi connectivity index (χ1) is 15.8. The van der Waals surface area contributed by atoms with Crippen LogP contribution in [0, 0.1) is 5.82 Å². The minimum atomic E-state index is -4.36. The molecule has 33 heavy (non-hydrogen) atoms. The Kier molecular flexibility index (Phi) is 6.99. The van der Waals surface area contributed by atoms with Gasteiger partial charge >= 0.3 is 6.18 Å². The monoisotopic (exact) mass is 478 g/mol. The number of halogens is 4. The molecule has 2 heterocycles. The average molecular weight is 479 g/mol. The highest BCUT2D eigenvalue weighted by atomic mass is 32.1. The SMILES string of the molecule is O=C(c1cc(COc2cccc(F)c2)cs1)N1CCN(Cc2cccc(C(F)(F)F)c2)CC1.